The third-order valence-corrected chi connectivity index (χ3v) is 4.88. The van der Waals surface area contributed by atoms with Gasteiger partial charge in [0, 0.05) is 37.0 Å². The summed E-state index contributed by atoms with van der Waals surface area (Å²) in [5.74, 6) is 6.28. The van der Waals surface area contributed by atoms with Gasteiger partial charge in [0.2, 0.25) is 0 Å². The molecule has 1 atom stereocenters. The van der Waals surface area contributed by atoms with Gasteiger partial charge in [-0.1, -0.05) is 26.2 Å². The van der Waals surface area contributed by atoms with Gasteiger partial charge in [0.15, 0.2) is 0 Å². The maximum atomic E-state index is 12.6. The van der Waals surface area contributed by atoms with Gasteiger partial charge in [-0.3, -0.25) is 9.80 Å². The van der Waals surface area contributed by atoms with E-state index in [0.29, 0.717) is 38.0 Å². The lowest BCUT2D eigenvalue weighted by Gasteiger charge is -2.27. The number of rotatable bonds is 8. The molecule has 6 heteroatoms. The molecule has 3 aliphatic rings. The Morgan fingerprint density at radius 1 is 1.38 bits per heavy atom. The quantitative estimate of drug-likeness (QED) is 0.522. The van der Waals surface area contributed by atoms with Gasteiger partial charge >= 0.3 is 0 Å². The molecule has 0 saturated heterocycles. The van der Waals surface area contributed by atoms with E-state index in [1.807, 2.05) is 18.0 Å². The number of nitrogens with two attached hydrogens (primary N) is 1. The van der Waals surface area contributed by atoms with E-state index in [9.17, 15) is 4.79 Å². The summed E-state index contributed by atoms with van der Waals surface area (Å²) in [6, 6.07) is 0.305. The Bertz CT molecular complexity index is 594. The van der Waals surface area contributed by atoms with Crippen LogP contribution in [0.4, 0.5) is 0 Å². The molecule has 1 unspecified atom stereocenters. The SMILES string of the molecule is CCCCCC1NC=C2C1=CC1=C(C(=O)N(CCOCC)C1)N2N. The molecule has 0 aromatic rings. The van der Waals surface area contributed by atoms with Crippen molar-refractivity contribution in [2.45, 2.75) is 45.6 Å². The lowest BCUT2D eigenvalue weighted by molar-refractivity contribution is -0.127. The Morgan fingerprint density at radius 2 is 2.21 bits per heavy atom. The van der Waals surface area contributed by atoms with Gasteiger partial charge in [0.05, 0.1) is 18.3 Å². The Labute approximate surface area is 144 Å². The van der Waals surface area contributed by atoms with E-state index in [1.165, 1.54) is 24.8 Å². The highest BCUT2D eigenvalue weighted by Crippen LogP contribution is 2.37. The highest BCUT2D eigenvalue weighted by atomic mass is 16.5. The molecule has 0 aromatic heterocycles. The van der Waals surface area contributed by atoms with Crippen LogP contribution in [0.2, 0.25) is 0 Å². The fourth-order valence-electron chi connectivity index (χ4n) is 3.57. The zero-order chi connectivity index (χ0) is 17.1. The maximum Gasteiger partial charge on any atom is 0.272 e. The molecule has 0 bridgehead atoms. The minimum atomic E-state index is -0.00200. The van der Waals surface area contributed by atoms with Gasteiger partial charge in [0.1, 0.15) is 5.70 Å². The summed E-state index contributed by atoms with van der Waals surface area (Å²) in [6.45, 7) is 6.63. The molecule has 1 amide bonds. The average molecular weight is 332 g/mol. The second kappa shape index (κ2) is 7.40. The Kier molecular flexibility index (Phi) is 5.26. The molecule has 0 aliphatic carbocycles. The van der Waals surface area contributed by atoms with Crippen molar-refractivity contribution in [3.63, 3.8) is 0 Å². The lowest BCUT2D eigenvalue weighted by Crippen LogP contribution is -2.38. The maximum absolute atomic E-state index is 12.6. The van der Waals surface area contributed by atoms with Crippen molar-refractivity contribution in [1.29, 1.82) is 0 Å². The van der Waals surface area contributed by atoms with Gasteiger partial charge in [-0.25, -0.2) is 5.84 Å². The van der Waals surface area contributed by atoms with Crippen LogP contribution < -0.4 is 11.2 Å². The predicted octanol–water partition coefficient (Wildman–Crippen LogP) is 1.63. The van der Waals surface area contributed by atoms with Crippen molar-refractivity contribution in [3.8, 4) is 0 Å². The van der Waals surface area contributed by atoms with Crippen LogP contribution in [0, 0.1) is 0 Å². The van der Waals surface area contributed by atoms with Crippen molar-refractivity contribution in [3.05, 3.63) is 34.8 Å². The standard InChI is InChI=1S/C18H28N4O2/c1-3-5-6-7-15-14-10-13-12-21(8-9-24-4-2)18(23)17(13)22(19)16(14)11-20-15/h10-11,15,20H,3-9,12,19H2,1-2H3. The largest absolute Gasteiger partial charge is 0.382 e. The number of hydrazine groups is 1. The zero-order valence-electron chi connectivity index (χ0n) is 14.7. The number of nitrogens with zero attached hydrogens (tertiary/aromatic N) is 2. The van der Waals surface area contributed by atoms with Crippen LogP contribution in [0.5, 0.6) is 0 Å². The van der Waals surface area contributed by atoms with Crippen molar-refractivity contribution in [2.24, 2.45) is 5.84 Å². The Morgan fingerprint density at radius 3 is 2.96 bits per heavy atom. The summed E-state index contributed by atoms with van der Waals surface area (Å²) in [5, 5.41) is 4.99. The molecule has 3 aliphatic heterocycles. The van der Waals surface area contributed by atoms with Gasteiger partial charge < -0.3 is 15.0 Å². The molecule has 0 aromatic carbocycles. The average Bonchev–Trinajstić information content (AvgIpc) is 3.11. The van der Waals surface area contributed by atoms with Crippen molar-refractivity contribution >= 4 is 5.91 Å². The second-order valence-corrected chi connectivity index (χ2v) is 6.51. The van der Waals surface area contributed by atoms with Gasteiger partial charge in [-0.2, -0.15) is 0 Å². The van der Waals surface area contributed by atoms with Crippen LogP contribution in [0.25, 0.3) is 0 Å². The predicted molar refractivity (Wildman–Crippen MR) is 93.4 cm³/mol. The lowest BCUT2D eigenvalue weighted by atomic mass is 9.95. The molecule has 3 heterocycles. The number of carbonyl (C=O) groups excluding carboxylic acids is 1. The van der Waals surface area contributed by atoms with Crippen molar-refractivity contribution < 1.29 is 9.53 Å². The Hall–Kier alpha value is -1.79. The first-order valence-corrected chi connectivity index (χ1v) is 9.00. The summed E-state index contributed by atoms with van der Waals surface area (Å²) >= 11 is 0. The van der Waals surface area contributed by atoms with E-state index in [0.717, 1.165) is 17.7 Å². The number of hydrogen-bond acceptors (Lipinski definition) is 5. The van der Waals surface area contributed by atoms with E-state index in [2.05, 4.69) is 18.3 Å². The summed E-state index contributed by atoms with van der Waals surface area (Å²) < 4.78 is 5.38. The summed E-state index contributed by atoms with van der Waals surface area (Å²) in [7, 11) is 0. The number of ether oxygens (including phenoxy) is 1. The van der Waals surface area contributed by atoms with E-state index in [1.54, 1.807) is 5.01 Å². The van der Waals surface area contributed by atoms with E-state index in [-0.39, 0.29) is 5.91 Å². The number of hydrogen-bond donors (Lipinski definition) is 2. The molecular formula is C18H28N4O2. The number of fused-ring (bicyclic) bond motifs is 1. The highest BCUT2D eigenvalue weighted by molar-refractivity contribution is 5.98. The normalized spacial score (nSPS) is 22.5. The molecular weight excluding hydrogens is 304 g/mol. The van der Waals surface area contributed by atoms with E-state index in [4.69, 9.17) is 10.6 Å². The smallest absolute Gasteiger partial charge is 0.272 e. The fraction of sp³-hybridized carbons (Fsp3) is 0.611. The number of carbonyl (C=O) groups is 1. The number of nitrogens with one attached hydrogen (secondary N) is 1. The highest BCUT2D eigenvalue weighted by Gasteiger charge is 2.39. The number of unbranched alkanes of at least 4 members (excludes halogenated alkanes) is 2. The van der Waals surface area contributed by atoms with Crippen molar-refractivity contribution in [2.75, 3.05) is 26.3 Å². The molecule has 3 rings (SSSR count). The van der Waals surface area contributed by atoms with Gasteiger partial charge in [-0.05, 0) is 19.4 Å². The van der Waals surface area contributed by atoms with Crippen LogP contribution in [0.15, 0.2) is 34.8 Å². The molecule has 0 radical (unpaired) electrons. The number of amides is 1. The fourth-order valence-corrected chi connectivity index (χ4v) is 3.57. The summed E-state index contributed by atoms with van der Waals surface area (Å²) in [6.07, 6.45) is 8.86. The molecule has 24 heavy (non-hydrogen) atoms. The minimum Gasteiger partial charge on any atom is -0.382 e. The minimum absolute atomic E-state index is 0.00200. The van der Waals surface area contributed by atoms with Crippen LogP contribution in [0.3, 0.4) is 0 Å². The van der Waals surface area contributed by atoms with E-state index < -0.39 is 0 Å². The molecule has 0 saturated carbocycles. The molecule has 0 spiro atoms. The molecule has 132 valence electrons. The first-order chi connectivity index (χ1) is 11.7. The molecule has 0 fully saturated rings. The van der Waals surface area contributed by atoms with Crippen LogP contribution in [-0.4, -0.2) is 48.2 Å². The van der Waals surface area contributed by atoms with Gasteiger partial charge in [0.25, 0.3) is 5.91 Å². The molecule has 3 N–H and O–H groups in total. The third kappa shape index (κ3) is 3.08. The van der Waals surface area contributed by atoms with Crippen LogP contribution in [0.1, 0.15) is 39.5 Å². The van der Waals surface area contributed by atoms with Gasteiger partial charge in [-0.15, -0.1) is 0 Å². The first kappa shape index (κ1) is 17.0. The summed E-state index contributed by atoms with van der Waals surface area (Å²) in [5.41, 5.74) is 3.77. The zero-order valence-corrected chi connectivity index (χ0v) is 14.7. The van der Waals surface area contributed by atoms with E-state index >= 15 is 0 Å². The monoisotopic (exact) mass is 332 g/mol. The second-order valence-electron chi connectivity index (χ2n) is 6.51. The Balaban J connectivity index is 1.72. The van der Waals surface area contributed by atoms with Crippen LogP contribution in [-0.2, 0) is 9.53 Å². The van der Waals surface area contributed by atoms with Crippen molar-refractivity contribution in [1.82, 2.24) is 15.2 Å². The van der Waals surface area contributed by atoms with Crippen LogP contribution >= 0.6 is 0 Å². The molecule has 6 nitrogen and oxygen atoms in total. The third-order valence-electron chi connectivity index (χ3n) is 4.88. The first-order valence-electron chi connectivity index (χ1n) is 9.00. The topological polar surface area (TPSA) is 70.8 Å². The summed E-state index contributed by atoms with van der Waals surface area (Å²) in [4.78, 5) is 14.5.